The third-order valence-corrected chi connectivity index (χ3v) is 3.70. The van der Waals surface area contributed by atoms with Crippen molar-refractivity contribution in [2.24, 2.45) is 0 Å². The molecule has 0 aromatic heterocycles. The summed E-state index contributed by atoms with van der Waals surface area (Å²) in [6, 6.07) is 0. The number of hydrogen-bond acceptors (Lipinski definition) is 4. The Kier molecular flexibility index (Phi) is 5.44. The largest absolute Gasteiger partial charge is 0.494 e. The molecule has 20 heavy (non-hydrogen) atoms. The van der Waals surface area contributed by atoms with E-state index in [1.54, 1.807) is 14.2 Å². The van der Waals surface area contributed by atoms with Crippen LogP contribution in [0.1, 0.15) is 5.56 Å². The first-order valence-electron chi connectivity index (χ1n) is 5.82. The summed E-state index contributed by atoms with van der Waals surface area (Å²) in [6.45, 7) is 5.32. The molecule has 0 unspecified atom stereocenters. The molecule has 1 aromatic rings. The van der Waals surface area contributed by atoms with Gasteiger partial charge in [-0.3, -0.25) is 4.79 Å². The molecule has 5 nitrogen and oxygen atoms in total. The maximum Gasteiger partial charge on any atom is 0.250 e. The van der Waals surface area contributed by atoms with Crippen molar-refractivity contribution in [1.82, 2.24) is 0 Å². The fraction of sp³-hybridized carbons (Fsp3) is 0.357. The lowest BCUT2D eigenvalue weighted by Gasteiger charge is -2.25. The van der Waals surface area contributed by atoms with Crippen LogP contribution in [-0.2, 0) is 4.79 Å². The summed E-state index contributed by atoms with van der Waals surface area (Å²) in [5.74, 6) is 1.34. The standard InChI is InChI=1S/C14H18BrNO4/c1-7-9(17)16(3)11-10(15)14(20-6)13(19-5)8(2)12(11)18-4/h7H,1H2,2-6H3. The Morgan fingerprint density at radius 2 is 1.65 bits per heavy atom. The first-order chi connectivity index (χ1) is 9.44. The van der Waals surface area contributed by atoms with Crippen molar-refractivity contribution in [3.05, 3.63) is 22.7 Å². The number of rotatable bonds is 5. The minimum absolute atomic E-state index is 0.254. The van der Waals surface area contributed by atoms with Gasteiger partial charge in [-0.2, -0.15) is 0 Å². The van der Waals surface area contributed by atoms with Crippen molar-refractivity contribution in [3.8, 4) is 17.2 Å². The number of likely N-dealkylation sites (N-methyl/N-ethyl adjacent to an activating group) is 1. The van der Waals surface area contributed by atoms with E-state index < -0.39 is 0 Å². The molecule has 0 radical (unpaired) electrons. The van der Waals surface area contributed by atoms with E-state index in [9.17, 15) is 4.79 Å². The van der Waals surface area contributed by atoms with Crippen LogP contribution in [-0.4, -0.2) is 34.3 Å². The van der Waals surface area contributed by atoms with E-state index in [0.717, 1.165) is 5.56 Å². The summed E-state index contributed by atoms with van der Waals surface area (Å²) in [7, 11) is 6.26. The van der Waals surface area contributed by atoms with Crippen molar-refractivity contribution in [2.75, 3.05) is 33.3 Å². The lowest BCUT2D eigenvalue weighted by atomic mass is 10.1. The van der Waals surface area contributed by atoms with E-state index >= 15 is 0 Å². The molecule has 0 N–H and O–H groups in total. The zero-order valence-corrected chi connectivity index (χ0v) is 13.8. The molecule has 0 fully saturated rings. The molecular formula is C14H18BrNO4. The van der Waals surface area contributed by atoms with E-state index in [-0.39, 0.29) is 5.91 Å². The molecule has 0 saturated carbocycles. The lowest BCUT2D eigenvalue weighted by molar-refractivity contribution is -0.113. The van der Waals surface area contributed by atoms with Gasteiger partial charge < -0.3 is 19.1 Å². The molecular weight excluding hydrogens is 326 g/mol. The van der Waals surface area contributed by atoms with Crippen molar-refractivity contribution in [3.63, 3.8) is 0 Å². The number of hydrogen-bond donors (Lipinski definition) is 0. The summed E-state index contributed by atoms with van der Waals surface area (Å²) in [4.78, 5) is 13.3. The summed E-state index contributed by atoms with van der Waals surface area (Å²) in [5, 5.41) is 0. The number of carbonyl (C=O) groups excluding carboxylic acids is 1. The van der Waals surface area contributed by atoms with Crippen molar-refractivity contribution in [1.29, 1.82) is 0 Å². The second kappa shape index (κ2) is 6.65. The van der Waals surface area contributed by atoms with Gasteiger partial charge >= 0.3 is 0 Å². The van der Waals surface area contributed by atoms with Crippen LogP contribution < -0.4 is 19.1 Å². The molecule has 6 heteroatoms. The highest BCUT2D eigenvalue weighted by Crippen LogP contribution is 2.50. The molecule has 0 atom stereocenters. The second-order valence-corrected chi connectivity index (χ2v) is 4.78. The summed E-state index contributed by atoms with van der Waals surface area (Å²) < 4.78 is 16.7. The Bertz CT molecular complexity index is 543. The highest BCUT2D eigenvalue weighted by Gasteiger charge is 2.26. The maximum atomic E-state index is 11.9. The summed E-state index contributed by atoms with van der Waals surface area (Å²) >= 11 is 3.44. The minimum Gasteiger partial charge on any atom is -0.494 e. The summed E-state index contributed by atoms with van der Waals surface area (Å²) in [5.41, 5.74) is 1.31. The molecule has 0 saturated heterocycles. The molecule has 0 heterocycles. The van der Waals surface area contributed by atoms with Crippen molar-refractivity contribution < 1.29 is 19.0 Å². The topological polar surface area (TPSA) is 48.0 Å². The SMILES string of the molecule is C=CC(=O)N(C)c1c(Br)c(OC)c(OC)c(C)c1OC. The number of ether oxygens (including phenoxy) is 3. The molecule has 0 aliphatic heterocycles. The average Bonchev–Trinajstić information content (AvgIpc) is 2.46. The van der Waals surface area contributed by atoms with Crippen LogP contribution in [0.2, 0.25) is 0 Å². The Morgan fingerprint density at radius 1 is 1.15 bits per heavy atom. The highest BCUT2D eigenvalue weighted by molar-refractivity contribution is 9.10. The van der Waals surface area contributed by atoms with Gasteiger partial charge in [0.15, 0.2) is 17.2 Å². The highest BCUT2D eigenvalue weighted by atomic mass is 79.9. The molecule has 1 aromatic carbocycles. The van der Waals surface area contributed by atoms with Gasteiger partial charge in [0, 0.05) is 12.6 Å². The van der Waals surface area contributed by atoms with Crippen LogP contribution in [0.3, 0.4) is 0 Å². The first-order valence-corrected chi connectivity index (χ1v) is 6.61. The number of carbonyl (C=O) groups is 1. The molecule has 0 aliphatic rings. The van der Waals surface area contributed by atoms with Crippen LogP contribution in [0.5, 0.6) is 17.2 Å². The molecule has 0 bridgehead atoms. The van der Waals surface area contributed by atoms with Crippen LogP contribution in [0.4, 0.5) is 5.69 Å². The van der Waals surface area contributed by atoms with E-state index in [4.69, 9.17) is 14.2 Å². The molecule has 0 spiro atoms. The predicted octanol–water partition coefficient (Wildman–Crippen LogP) is 2.93. The van der Waals surface area contributed by atoms with Crippen LogP contribution >= 0.6 is 15.9 Å². The average molecular weight is 344 g/mol. The monoisotopic (exact) mass is 343 g/mol. The van der Waals surface area contributed by atoms with Gasteiger partial charge in [-0.15, -0.1) is 0 Å². The Labute approximate surface area is 127 Å². The van der Waals surface area contributed by atoms with E-state index in [2.05, 4.69) is 22.5 Å². The van der Waals surface area contributed by atoms with Crippen LogP contribution in [0, 0.1) is 6.92 Å². The third kappa shape index (κ3) is 2.60. The van der Waals surface area contributed by atoms with Crippen LogP contribution in [0.15, 0.2) is 17.1 Å². The van der Waals surface area contributed by atoms with Gasteiger partial charge in [0.25, 0.3) is 0 Å². The van der Waals surface area contributed by atoms with E-state index in [1.807, 2.05) is 6.92 Å². The zero-order valence-electron chi connectivity index (χ0n) is 12.2. The van der Waals surface area contributed by atoms with Gasteiger partial charge in [-0.1, -0.05) is 6.58 Å². The predicted molar refractivity (Wildman–Crippen MR) is 82.1 cm³/mol. The fourth-order valence-corrected chi connectivity index (χ4v) is 2.77. The Hall–Kier alpha value is -1.69. The molecule has 0 aliphatic carbocycles. The van der Waals surface area contributed by atoms with Gasteiger partial charge in [0.05, 0.1) is 25.8 Å². The van der Waals surface area contributed by atoms with Gasteiger partial charge in [0.1, 0.15) is 5.69 Å². The molecule has 1 rings (SSSR count). The number of benzene rings is 1. The van der Waals surface area contributed by atoms with Crippen LogP contribution in [0.25, 0.3) is 0 Å². The number of halogens is 1. The van der Waals surface area contributed by atoms with Crippen molar-refractivity contribution in [2.45, 2.75) is 6.92 Å². The fourth-order valence-electron chi connectivity index (χ4n) is 1.98. The number of nitrogens with zero attached hydrogens (tertiary/aromatic N) is 1. The van der Waals surface area contributed by atoms with E-state index in [1.165, 1.54) is 25.2 Å². The zero-order chi connectivity index (χ0) is 15.4. The molecule has 110 valence electrons. The van der Waals surface area contributed by atoms with Crippen molar-refractivity contribution >= 4 is 27.5 Å². The summed E-state index contributed by atoms with van der Waals surface area (Å²) in [6.07, 6.45) is 1.23. The second-order valence-electron chi connectivity index (χ2n) is 3.99. The maximum absolute atomic E-state index is 11.9. The molecule has 1 amide bonds. The Morgan fingerprint density at radius 3 is 2.05 bits per heavy atom. The smallest absolute Gasteiger partial charge is 0.250 e. The number of amides is 1. The third-order valence-electron chi connectivity index (χ3n) is 2.96. The van der Waals surface area contributed by atoms with Gasteiger partial charge in [0.2, 0.25) is 5.91 Å². The minimum atomic E-state index is -0.254. The lowest BCUT2D eigenvalue weighted by Crippen LogP contribution is -2.25. The number of methoxy groups -OCH3 is 3. The van der Waals surface area contributed by atoms with E-state index in [0.29, 0.717) is 27.4 Å². The quantitative estimate of drug-likeness (QED) is 0.771. The first kappa shape index (κ1) is 16.4. The van der Waals surface area contributed by atoms with Gasteiger partial charge in [-0.25, -0.2) is 0 Å². The number of anilines is 1. The Balaban J connectivity index is 3.70. The van der Waals surface area contributed by atoms with Gasteiger partial charge in [-0.05, 0) is 28.9 Å². The normalized spacial score (nSPS) is 9.90.